The zero-order valence-corrected chi connectivity index (χ0v) is 26.1. The third-order valence-corrected chi connectivity index (χ3v) is 8.56. The first-order chi connectivity index (χ1) is 26.7. The normalized spacial score (nSPS) is 13.0. The summed E-state index contributed by atoms with van der Waals surface area (Å²) in [7, 11) is 0. The molecule has 0 spiro atoms. The van der Waals surface area contributed by atoms with Crippen molar-refractivity contribution in [2.45, 2.75) is 0 Å². The number of nitrogens with zero attached hydrogens (tertiary/aromatic N) is 4. The molecule has 0 amide bonds. The summed E-state index contributed by atoms with van der Waals surface area (Å²) in [5, 5.41) is 0.430. The van der Waals surface area contributed by atoms with Gasteiger partial charge < -0.3 is 4.57 Å². The number of rotatable bonds is 6. The van der Waals surface area contributed by atoms with Crippen LogP contribution >= 0.6 is 0 Å². The Bertz CT molecular complexity index is 2800. The Morgan fingerprint density at radius 2 is 0.796 bits per heavy atom. The molecule has 0 bridgehead atoms. The van der Waals surface area contributed by atoms with E-state index in [1.54, 1.807) is 4.57 Å². The van der Waals surface area contributed by atoms with Gasteiger partial charge in [0.05, 0.1) is 19.3 Å². The molecule has 0 unspecified atom stereocenters. The van der Waals surface area contributed by atoms with Gasteiger partial charge in [0.2, 0.25) is 0 Å². The largest absolute Gasteiger partial charge is 0.309 e. The van der Waals surface area contributed by atoms with Crippen molar-refractivity contribution < 1.29 is 8.22 Å². The first kappa shape index (κ1) is 22.8. The fourth-order valence-electron chi connectivity index (χ4n) is 6.25. The van der Waals surface area contributed by atoms with Gasteiger partial charge in [0.1, 0.15) is 0 Å². The van der Waals surface area contributed by atoms with Crippen molar-refractivity contribution in [2.24, 2.45) is 0 Å². The number of benzene rings is 7. The van der Waals surface area contributed by atoms with Crippen molar-refractivity contribution >= 4 is 21.8 Å². The van der Waals surface area contributed by atoms with Crippen LogP contribution in [0.3, 0.4) is 0 Å². The summed E-state index contributed by atoms with van der Waals surface area (Å²) in [5.41, 5.74) is 7.25. The topological polar surface area (TPSA) is 43.6 Å². The Balaban J connectivity index is 1.29. The molecule has 0 aliphatic rings. The first-order valence-electron chi connectivity index (χ1n) is 19.0. The molecule has 0 saturated carbocycles. The molecule has 0 N–H and O–H groups in total. The summed E-state index contributed by atoms with van der Waals surface area (Å²) < 4.78 is 54.4. The van der Waals surface area contributed by atoms with Crippen molar-refractivity contribution in [3.63, 3.8) is 0 Å². The van der Waals surface area contributed by atoms with E-state index < -0.39 is 0 Å². The van der Waals surface area contributed by atoms with Crippen molar-refractivity contribution in [1.82, 2.24) is 19.5 Å². The zero-order chi connectivity index (χ0) is 37.8. The van der Waals surface area contributed by atoms with E-state index in [-0.39, 0.29) is 47.0 Å². The molecule has 0 aliphatic carbocycles. The number of aromatic nitrogens is 4. The van der Waals surface area contributed by atoms with Gasteiger partial charge in [0, 0.05) is 33.2 Å². The Hall–Kier alpha value is -6.65. The molecule has 4 heteroatoms. The molecule has 0 radical (unpaired) electrons. The highest BCUT2D eigenvalue weighted by Crippen LogP contribution is 2.37. The van der Waals surface area contributed by atoms with Crippen LogP contribution in [0.25, 0.3) is 83.9 Å². The van der Waals surface area contributed by atoms with Crippen LogP contribution in [0.4, 0.5) is 0 Å². The summed E-state index contributed by atoms with van der Waals surface area (Å²) >= 11 is 0. The molecule has 7 aromatic carbocycles. The summed E-state index contributed by atoms with van der Waals surface area (Å²) in [4.78, 5) is 14.7. The SMILES string of the molecule is [2H]c1cc([2H])c2c(c1[2H])c1c([2H])c([2H])cc([2H])c1n2-c1cc(-c2ccccc2)cc(-c2cccc(-c3nc(-c4ccccc4)nc(-c4ccccc4)n3)c2)c1. The second-order valence-electron chi connectivity index (χ2n) is 11.7. The molecular formula is C45H30N4. The van der Waals surface area contributed by atoms with E-state index in [4.69, 9.17) is 23.2 Å². The van der Waals surface area contributed by atoms with Crippen molar-refractivity contribution in [3.8, 4) is 62.1 Å². The number of hydrogen-bond donors (Lipinski definition) is 0. The molecule has 230 valence electrons. The van der Waals surface area contributed by atoms with Gasteiger partial charge in [-0.3, -0.25) is 0 Å². The highest BCUT2D eigenvalue weighted by atomic mass is 15.0. The van der Waals surface area contributed by atoms with Gasteiger partial charge in [-0.25, -0.2) is 15.0 Å². The van der Waals surface area contributed by atoms with Crippen molar-refractivity contribution in [1.29, 1.82) is 0 Å². The van der Waals surface area contributed by atoms with Crippen LogP contribution in [0.2, 0.25) is 0 Å². The summed E-state index contributed by atoms with van der Waals surface area (Å²) in [5.74, 6) is 1.62. The van der Waals surface area contributed by atoms with Gasteiger partial charge in [-0.1, -0.05) is 145 Å². The molecule has 9 aromatic rings. The van der Waals surface area contributed by atoms with E-state index in [0.717, 1.165) is 38.9 Å². The smallest absolute Gasteiger partial charge is 0.164 e. The average Bonchev–Trinajstić information content (AvgIpc) is 3.61. The van der Waals surface area contributed by atoms with Crippen LogP contribution in [-0.4, -0.2) is 19.5 Å². The summed E-state index contributed by atoms with van der Waals surface area (Å²) in [6, 6.07) is 45.6. The maximum absolute atomic E-state index is 9.02. The van der Waals surface area contributed by atoms with Crippen molar-refractivity contribution in [3.05, 3.63) is 182 Å². The van der Waals surface area contributed by atoms with E-state index >= 15 is 0 Å². The third kappa shape index (κ3) is 5.35. The van der Waals surface area contributed by atoms with Crippen LogP contribution < -0.4 is 0 Å². The zero-order valence-electron chi connectivity index (χ0n) is 32.1. The molecule has 9 rings (SSSR count). The van der Waals surface area contributed by atoms with E-state index in [1.807, 2.05) is 127 Å². The average molecular weight is 633 g/mol. The highest BCUT2D eigenvalue weighted by Gasteiger charge is 2.16. The van der Waals surface area contributed by atoms with Crippen molar-refractivity contribution in [2.75, 3.05) is 0 Å². The number of hydrogen-bond acceptors (Lipinski definition) is 3. The van der Waals surface area contributed by atoms with Crippen LogP contribution in [0.5, 0.6) is 0 Å². The lowest BCUT2D eigenvalue weighted by Crippen LogP contribution is -2.00. The molecule has 49 heavy (non-hydrogen) atoms. The van der Waals surface area contributed by atoms with E-state index in [9.17, 15) is 0 Å². The van der Waals surface area contributed by atoms with Gasteiger partial charge in [0.25, 0.3) is 0 Å². The van der Waals surface area contributed by atoms with Crippen LogP contribution in [0, 0.1) is 0 Å². The molecule has 4 nitrogen and oxygen atoms in total. The molecule has 2 heterocycles. The lowest BCUT2D eigenvalue weighted by atomic mass is 9.96. The van der Waals surface area contributed by atoms with E-state index in [2.05, 4.69) is 6.07 Å². The molecular weight excluding hydrogens is 597 g/mol. The minimum absolute atomic E-state index is 0.00975. The molecule has 0 aliphatic heterocycles. The number of fused-ring (bicyclic) bond motifs is 3. The van der Waals surface area contributed by atoms with Crippen LogP contribution in [0.15, 0.2) is 182 Å². The lowest BCUT2D eigenvalue weighted by molar-refractivity contribution is 1.07. The second-order valence-corrected chi connectivity index (χ2v) is 11.7. The lowest BCUT2D eigenvalue weighted by Gasteiger charge is -2.15. The molecule has 2 aromatic heterocycles. The molecule has 0 atom stereocenters. The first-order valence-corrected chi connectivity index (χ1v) is 16.0. The van der Waals surface area contributed by atoms with E-state index in [1.165, 1.54) is 12.1 Å². The standard InChI is InChI=1S/C45H30N4/c1-4-15-31(16-5-1)36-28-37(30-38(29-36)49-41-25-12-10-23-39(41)40-24-11-13-26-42(40)49)34-21-14-22-35(27-34)45-47-43(32-17-6-2-7-18-32)46-44(48-45)33-19-8-3-9-20-33/h1-30H/i10D,11D,23D,24D,25D,26D. The van der Waals surface area contributed by atoms with Crippen LogP contribution in [0.1, 0.15) is 8.22 Å². The predicted octanol–water partition coefficient (Wildman–Crippen LogP) is 11.3. The molecule has 0 fully saturated rings. The Morgan fingerprint density at radius 3 is 1.35 bits per heavy atom. The van der Waals surface area contributed by atoms with Crippen LogP contribution in [-0.2, 0) is 0 Å². The van der Waals surface area contributed by atoms with Gasteiger partial charge in [-0.2, -0.15) is 0 Å². The van der Waals surface area contributed by atoms with Gasteiger partial charge in [0.15, 0.2) is 17.5 Å². The second kappa shape index (κ2) is 12.2. The maximum Gasteiger partial charge on any atom is 0.164 e. The van der Waals surface area contributed by atoms with E-state index in [0.29, 0.717) is 34.2 Å². The summed E-state index contributed by atoms with van der Waals surface area (Å²) in [6.07, 6.45) is 0. The third-order valence-electron chi connectivity index (χ3n) is 8.56. The summed E-state index contributed by atoms with van der Waals surface area (Å²) in [6.45, 7) is 0. The predicted molar refractivity (Wildman–Crippen MR) is 201 cm³/mol. The highest BCUT2D eigenvalue weighted by molar-refractivity contribution is 6.09. The quantitative estimate of drug-likeness (QED) is 0.183. The van der Waals surface area contributed by atoms with Gasteiger partial charge in [-0.05, 0) is 58.6 Å². The fraction of sp³-hybridized carbons (Fsp3) is 0. The minimum atomic E-state index is -0.155. The maximum atomic E-state index is 9.02. The number of para-hydroxylation sites is 2. The Labute approximate surface area is 293 Å². The Morgan fingerprint density at radius 1 is 0.367 bits per heavy atom. The fourth-order valence-corrected chi connectivity index (χ4v) is 6.25. The Kier molecular flexibility index (Phi) is 5.67. The molecule has 0 saturated heterocycles. The van der Waals surface area contributed by atoms with Gasteiger partial charge in [-0.15, -0.1) is 0 Å². The monoisotopic (exact) mass is 632 g/mol. The van der Waals surface area contributed by atoms with Gasteiger partial charge >= 0.3 is 0 Å². The minimum Gasteiger partial charge on any atom is -0.309 e.